The number of amides is 1. The topological polar surface area (TPSA) is 37.7 Å². The maximum Gasteiger partial charge on any atom is 0.210 e. The minimum atomic E-state index is 0.118. The fourth-order valence-corrected chi connectivity index (χ4v) is 4.19. The van der Waals surface area contributed by atoms with Crippen LogP contribution in [0.1, 0.15) is 44.8 Å². The van der Waals surface area contributed by atoms with E-state index in [1.165, 1.54) is 5.39 Å². The van der Waals surface area contributed by atoms with Gasteiger partial charge < -0.3 is 9.74 Å². The van der Waals surface area contributed by atoms with E-state index in [0.29, 0.717) is 6.04 Å². The monoisotopic (exact) mass is 341 g/mol. The minimum absolute atomic E-state index is 0.118. The number of fused-ring (bicyclic) bond motifs is 1. The molecule has 2 aromatic rings. The molecule has 1 aromatic heterocycles. The number of aromatic nitrogens is 1. The highest BCUT2D eigenvalue weighted by atomic mass is 16.7. The lowest BCUT2D eigenvalue weighted by Gasteiger charge is -2.25. The molecule has 0 aliphatic carbocycles. The number of hydrogen-bond acceptors (Lipinski definition) is 3. The molecular weight excluding hydrogens is 314 g/mol. The van der Waals surface area contributed by atoms with Gasteiger partial charge in [0.25, 0.3) is 0 Å². The SMILES string of the molecule is CC(C)N1CCC(On2c(C3CCCN3C=O)cc3ccccc32)C1. The Hall–Kier alpha value is -2.01. The number of para-hydroxylation sites is 1. The number of rotatable bonds is 5. The molecule has 2 atom stereocenters. The van der Waals surface area contributed by atoms with Gasteiger partial charge in [0.15, 0.2) is 0 Å². The highest BCUT2D eigenvalue weighted by molar-refractivity contribution is 5.81. The standard InChI is InChI=1S/C20H27N3O2/c1-15(2)21-11-9-17(13-21)25-23-18-7-4-3-6-16(18)12-20(23)19-8-5-10-22(19)14-24/h3-4,6-7,12,14-15,17,19H,5,8-11,13H2,1-2H3. The van der Waals surface area contributed by atoms with E-state index < -0.39 is 0 Å². The Morgan fingerprint density at radius 1 is 1.20 bits per heavy atom. The number of nitrogens with zero attached hydrogens (tertiary/aromatic N) is 3. The van der Waals surface area contributed by atoms with Crippen molar-refractivity contribution in [2.45, 2.75) is 51.3 Å². The molecule has 134 valence electrons. The van der Waals surface area contributed by atoms with Crippen molar-refractivity contribution in [2.24, 2.45) is 0 Å². The number of hydrogen-bond donors (Lipinski definition) is 0. The van der Waals surface area contributed by atoms with E-state index in [2.05, 4.69) is 43.0 Å². The summed E-state index contributed by atoms with van der Waals surface area (Å²) >= 11 is 0. The van der Waals surface area contributed by atoms with Crippen molar-refractivity contribution in [2.75, 3.05) is 19.6 Å². The Kier molecular flexibility index (Phi) is 4.42. The van der Waals surface area contributed by atoms with Gasteiger partial charge in [0, 0.05) is 37.5 Å². The predicted octanol–water partition coefficient (Wildman–Crippen LogP) is 2.85. The Balaban J connectivity index is 1.67. The molecule has 3 heterocycles. The summed E-state index contributed by atoms with van der Waals surface area (Å²) in [5.41, 5.74) is 2.20. The first-order chi connectivity index (χ1) is 12.2. The zero-order valence-corrected chi connectivity index (χ0v) is 15.1. The van der Waals surface area contributed by atoms with Gasteiger partial charge in [-0.1, -0.05) is 18.2 Å². The summed E-state index contributed by atoms with van der Waals surface area (Å²) in [5.74, 6) is 0. The van der Waals surface area contributed by atoms with Gasteiger partial charge >= 0.3 is 0 Å². The maximum atomic E-state index is 11.4. The zero-order chi connectivity index (χ0) is 17.4. The van der Waals surface area contributed by atoms with Crippen molar-refractivity contribution in [1.82, 2.24) is 14.5 Å². The second-order valence-electron chi connectivity index (χ2n) is 7.53. The van der Waals surface area contributed by atoms with E-state index >= 15 is 0 Å². The quantitative estimate of drug-likeness (QED) is 0.785. The van der Waals surface area contributed by atoms with E-state index in [1.807, 2.05) is 15.7 Å². The summed E-state index contributed by atoms with van der Waals surface area (Å²) in [7, 11) is 0. The molecule has 2 aliphatic rings. The molecule has 1 aromatic carbocycles. The summed E-state index contributed by atoms with van der Waals surface area (Å²) in [6, 6.07) is 11.2. The van der Waals surface area contributed by atoms with Gasteiger partial charge in [-0.25, -0.2) is 0 Å². The van der Waals surface area contributed by atoms with Crippen LogP contribution in [0.3, 0.4) is 0 Å². The van der Waals surface area contributed by atoms with Crippen LogP contribution in [0.4, 0.5) is 0 Å². The molecule has 2 fully saturated rings. The first-order valence-corrected chi connectivity index (χ1v) is 9.40. The van der Waals surface area contributed by atoms with E-state index in [-0.39, 0.29) is 12.1 Å². The molecular formula is C20H27N3O2. The second kappa shape index (κ2) is 6.71. The molecule has 5 nitrogen and oxygen atoms in total. The van der Waals surface area contributed by atoms with Crippen LogP contribution < -0.4 is 4.84 Å². The van der Waals surface area contributed by atoms with E-state index in [9.17, 15) is 4.79 Å². The lowest BCUT2D eigenvalue weighted by atomic mass is 10.1. The van der Waals surface area contributed by atoms with Crippen LogP contribution in [0, 0.1) is 0 Å². The van der Waals surface area contributed by atoms with Crippen LogP contribution in [0.25, 0.3) is 10.9 Å². The van der Waals surface area contributed by atoms with Crippen molar-refractivity contribution in [3.8, 4) is 0 Å². The number of carbonyl (C=O) groups excluding carboxylic acids is 1. The van der Waals surface area contributed by atoms with Crippen molar-refractivity contribution in [3.05, 3.63) is 36.0 Å². The fourth-order valence-electron chi connectivity index (χ4n) is 4.19. The van der Waals surface area contributed by atoms with Gasteiger partial charge in [0.2, 0.25) is 6.41 Å². The molecule has 2 unspecified atom stereocenters. The summed E-state index contributed by atoms with van der Waals surface area (Å²) in [5, 5.41) is 1.17. The summed E-state index contributed by atoms with van der Waals surface area (Å²) < 4.78 is 2.01. The molecule has 5 heteroatoms. The average molecular weight is 341 g/mol. The van der Waals surface area contributed by atoms with Crippen molar-refractivity contribution in [1.29, 1.82) is 0 Å². The highest BCUT2D eigenvalue weighted by Crippen LogP contribution is 2.34. The molecule has 25 heavy (non-hydrogen) atoms. The van der Waals surface area contributed by atoms with Gasteiger partial charge in [0.1, 0.15) is 6.10 Å². The lowest BCUT2D eigenvalue weighted by molar-refractivity contribution is -0.119. The van der Waals surface area contributed by atoms with Crippen LogP contribution in [0.2, 0.25) is 0 Å². The third-order valence-electron chi connectivity index (χ3n) is 5.63. The number of benzene rings is 1. The van der Waals surface area contributed by atoms with E-state index in [4.69, 9.17) is 4.84 Å². The van der Waals surface area contributed by atoms with Crippen LogP contribution in [0.5, 0.6) is 0 Å². The van der Waals surface area contributed by atoms with Crippen molar-refractivity contribution >= 4 is 17.3 Å². The largest absolute Gasteiger partial charge is 0.409 e. The molecule has 2 saturated heterocycles. The van der Waals surface area contributed by atoms with Crippen LogP contribution in [-0.2, 0) is 4.79 Å². The molecule has 0 N–H and O–H groups in total. The average Bonchev–Trinajstić information content (AvgIpc) is 3.33. The highest BCUT2D eigenvalue weighted by Gasteiger charge is 2.31. The first-order valence-electron chi connectivity index (χ1n) is 9.40. The van der Waals surface area contributed by atoms with Crippen molar-refractivity contribution in [3.63, 3.8) is 0 Å². The third kappa shape index (κ3) is 3.01. The lowest BCUT2D eigenvalue weighted by Crippen LogP contribution is -2.34. The van der Waals surface area contributed by atoms with Gasteiger partial charge in [0.05, 0.1) is 17.3 Å². The smallest absolute Gasteiger partial charge is 0.210 e. The molecule has 0 saturated carbocycles. The van der Waals surface area contributed by atoms with Crippen LogP contribution in [-0.4, -0.2) is 52.7 Å². The van der Waals surface area contributed by atoms with Crippen molar-refractivity contribution < 1.29 is 9.63 Å². The Bertz CT molecular complexity index is 754. The summed E-state index contributed by atoms with van der Waals surface area (Å²) in [6.07, 6.45) is 4.28. The van der Waals surface area contributed by atoms with Gasteiger partial charge in [-0.15, -0.1) is 0 Å². The first kappa shape index (κ1) is 16.5. The Morgan fingerprint density at radius 3 is 2.80 bits per heavy atom. The van der Waals surface area contributed by atoms with E-state index in [1.54, 1.807) is 0 Å². The van der Waals surface area contributed by atoms with Gasteiger partial charge in [-0.2, -0.15) is 4.73 Å². The van der Waals surface area contributed by atoms with Crippen LogP contribution in [0.15, 0.2) is 30.3 Å². The predicted molar refractivity (Wildman–Crippen MR) is 98.4 cm³/mol. The fraction of sp³-hybridized carbons (Fsp3) is 0.550. The third-order valence-corrected chi connectivity index (χ3v) is 5.63. The molecule has 2 aliphatic heterocycles. The molecule has 0 spiro atoms. The Morgan fingerprint density at radius 2 is 2.04 bits per heavy atom. The normalized spacial score (nSPS) is 24.5. The molecule has 0 bridgehead atoms. The molecule has 1 amide bonds. The van der Waals surface area contributed by atoms with Crippen LogP contribution >= 0.6 is 0 Å². The summed E-state index contributed by atoms with van der Waals surface area (Å²) in [4.78, 5) is 22.3. The number of carbonyl (C=O) groups is 1. The maximum absolute atomic E-state index is 11.4. The Labute approximate surface area is 149 Å². The van der Waals surface area contributed by atoms with E-state index in [0.717, 1.165) is 56.5 Å². The second-order valence-corrected chi connectivity index (χ2v) is 7.53. The summed E-state index contributed by atoms with van der Waals surface area (Å²) in [6.45, 7) is 7.35. The zero-order valence-electron chi connectivity index (χ0n) is 15.1. The van der Waals surface area contributed by atoms with Gasteiger partial charge in [-0.3, -0.25) is 9.69 Å². The van der Waals surface area contributed by atoms with Gasteiger partial charge in [-0.05, 0) is 38.8 Å². The molecule has 4 rings (SSSR count). The number of likely N-dealkylation sites (tertiary alicyclic amines) is 2. The minimum Gasteiger partial charge on any atom is -0.409 e. The molecule has 0 radical (unpaired) electrons.